The second kappa shape index (κ2) is 3.59. The molecule has 3 heteroatoms. The maximum absolute atomic E-state index is 11.4. The zero-order chi connectivity index (χ0) is 11.9. The Bertz CT molecular complexity index is 524. The first-order valence-electron chi connectivity index (χ1n) is 5.05. The first-order chi connectivity index (χ1) is 7.50. The summed E-state index contributed by atoms with van der Waals surface area (Å²) < 4.78 is 4.48. The summed E-state index contributed by atoms with van der Waals surface area (Å²) in [6, 6.07) is 3.79. The molecule has 0 aliphatic carbocycles. The van der Waals surface area contributed by atoms with Crippen molar-refractivity contribution >= 4 is 17.5 Å². The summed E-state index contributed by atoms with van der Waals surface area (Å²) in [7, 11) is 0. The van der Waals surface area contributed by atoms with Crippen molar-refractivity contribution in [2.24, 2.45) is 0 Å². The Balaban J connectivity index is 2.58. The number of aryl methyl sites for hydroxylation is 1. The molecule has 0 spiro atoms. The van der Waals surface area contributed by atoms with Gasteiger partial charge < -0.3 is 4.74 Å². The van der Waals surface area contributed by atoms with Gasteiger partial charge in [-0.2, -0.15) is 0 Å². The Morgan fingerprint density at radius 1 is 1.00 bits per heavy atom. The fraction of sp³-hybridized carbons (Fsp3) is 0.231. The molecule has 82 valence electrons. The van der Waals surface area contributed by atoms with Crippen molar-refractivity contribution < 1.29 is 14.3 Å². The van der Waals surface area contributed by atoms with Crippen LogP contribution < -0.4 is 0 Å². The van der Waals surface area contributed by atoms with Crippen molar-refractivity contribution in [3.63, 3.8) is 0 Å². The van der Waals surface area contributed by atoms with Gasteiger partial charge in [0.05, 0.1) is 5.57 Å². The lowest BCUT2D eigenvalue weighted by molar-refractivity contribution is -0.149. The molecule has 0 amide bonds. The third-order valence-electron chi connectivity index (χ3n) is 3.02. The summed E-state index contributed by atoms with van der Waals surface area (Å²) in [5.74, 6) is -1.14. The number of carbonyl (C=O) groups is 2. The maximum atomic E-state index is 11.4. The number of ether oxygens (including phenoxy) is 1. The van der Waals surface area contributed by atoms with Gasteiger partial charge in [0.25, 0.3) is 0 Å². The summed E-state index contributed by atoms with van der Waals surface area (Å²) in [4.78, 5) is 22.4. The van der Waals surface area contributed by atoms with Crippen LogP contribution in [0, 0.1) is 20.8 Å². The lowest BCUT2D eigenvalue weighted by Crippen LogP contribution is -2.03. The van der Waals surface area contributed by atoms with E-state index < -0.39 is 11.9 Å². The lowest BCUT2D eigenvalue weighted by atomic mass is 9.94. The minimum absolute atomic E-state index is 0.352. The van der Waals surface area contributed by atoms with E-state index in [0.29, 0.717) is 5.57 Å². The van der Waals surface area contributed by atoms with Gasteiger partial charge in [-0.1, -0.05) is 12.1 Å². The van der Waals surface area contributed by atoms with E-state index in [9.17, 15) is 9.59 Å². The lowest BCUT2D eigenvalue weighted by Gasteiger charge is -2.10. The number of esters is 2. The summed E-state index contributed by atoms with van der Waals surface area (Å²) in [6.07, 6.45) is 1.25. The predicted octanol–water partition coefficient (Wildman–Crippen LogP) is 2.08. The average Bonchev–Trinajstić information content (AvgIpc) is 2.55. The Morgan fingerprint density at radius 2 is 1.69 bits per heavy atom. The van der Waals surface area contributed by atoms with Gasteiger partial charge in [0.1, 0.15) is 0 Å². The monoisotopic (exact) mass is 216 g/mol. The van der Waals surface area contributed by atoms with E-state index in [-0.39, 0.29) is 0 Å². The zero-order valence-corrected chi connectivity index (χ0v) is 9.46. The van der Waals surface area contributed by atoms with E-state index in [0.717, 1.165) is 16.7 Å². The van der Waals surface area contributed by atoms with Crippen molar-refractivity contribution in [1.29, 1.82) is 0 Å². The molecule has 0 fully saturated rings. The molecule has 3 nitrogen and oxygen atoms in total. The fourth-order valence-electron chi connectivity index (χ4n) is 1.79. The molecule has 0 unspecified atom stereocenters. The van der Waals surface area contributed by atoms with E-state index >= 15 is 0 Å². The number of carbonyl (C=O) groups excluding carboxylic acids is 2. The number of hydrogen-bond acceptors (Lipinski definition) is 3. The molecule has 0 bridgehead atoms. The third kappa shape index (κ3) is 1.54. The van der Waals surface area contributed by atoms with Crippen molar-refractivity contribution in [1.82, 2.24) is 0 Å². The molecule has 1 aromatic carbocycles. The highest BCUT2D eigenvalue weighted by Gasteiger charge is 2.26. The maximum Gasteiger partial charge on any atom is 0.346 e. The van der Waals surface area contributed by atoms with Crippen LogP contribution in [0.2, 0.25) is 0 Å². The Labute approximate surface area is 93.7 Å². The molecule has 1 aromatic rings. The van der Waals surface area contributed by atoms with Gasteiger partial charge >= 0.3 is 11.9 Å². The molecule has 0 saturated heterocycles. The Kier molecular flexibility index (Phi) is 2.38. The van der Waals surface area contributed by atoms with Crippen LogP contribution in [0.4, 0.5) is 0 Å². The SMILES string of the molecule is Cc1ccc(C2=CC(=O)OC2=O)c(C)c1C. The summed E-state index contributed by atoms with van der Waals surface area (Å²) in [6.45, 7) is 5.95. The summed E-state index contributed by atoms with van der Waals surface area (Å²) in [5.41, 5.74) is 4.44. The average molecular weight is 216 g/mol. The molecule has 0 N–H and O–H groups in total. The predicted molar refractivity (Wildman–Crippen MR) is 59.7 cm³/mol. The van der Waals surface area contributed by atoms with E-state index in [4.69, 9.17) is 0 Å². The van der Waals surface area contributed by atoms with E-state index in [1.54, 1.807) is 0 Å². The van der Waals surface area contributed by atoms with Gasteiger partial charge in [0, 0.05) is 6.08 Å². The van der Waals surface area contributed by atoms with E-state index in [1.165, 1.54) is 11.6 Å². The molecule has 1 aliphatic heterocycles. The second-order valence-corrected chi connectivity index (χ2v) is 3.95. The molecule has 1 heterocycles. The van der Waals surface area contributed by atoms with Crippen LogP contribution in [0.25, 0.3) is 5.57 Å². The minimum Gasteiger partial charge on any atom is -0.386 e. The normalized spacial score (nSPS) is 15.1. The summed E-state index contributed by atoms with van der Waals surface area (Å²) in [5, 5.41) is 0. The molecule has 2 rings (SSSR count). The Hall–Kier alpha value is -1.90. The largest absolute Gasteiger partial charge is 0.386 e. The van der Waals surface area contributed by atoms with Crippen LogP contribution in [-0.4, -0.2) is 11.9 Å². The van der Waals surface area contributed by atoms with Crippen molar-refractivity contribution in [3.8, 4) is 0 Å². The van der Waals surface area contributed by atoms with Crippen LogP contribution >= 0.6 is 0 Å². The highest BCUT2D eigenvalue weighted by molar-refractivity contribution is 6.28. The van der Waals surface area contributed by atoms with Gasteiger partial charge in [0.2, 0.25) is 0 Å². The molecular formula is C13H12O3. The fourth-order valence-corrected chi connectivity index (χ4v) is 1.79. The van der Waals surface area contributed by atoms with Gasteiger partial charge in [-0.3, -0.25) is 0 Å². The molecule has 16 heavy (non-hydrogen) atoms. The molecule has 0 aromatic heterocycles. The van der Waals surface area contributed by atoms with E-state index in [2.05, 4.69) is 4.74 Å². The number of hydrogen-bond donors (Lipinski definition) is 0. The highest BCUT2D eigenvalue weighted by atomic mass is 16.6. The topological polar surface area (TPSA) is 43.4 Å². The van der Waals surface area contributed by atoms with Crippen LogP contribution in [0.5, 0.6) is 0 Å². The third-order valence-corrected chi connectivity index (χ3v) is 3.02. The van der Waals surface area contributed by atoms with E-state index in [1.807, 2.05) is 32.9 Å². The van der Waals surface area contributed by atoms with Crippen molar-refractivity contribution in [2.75, 3.05) is 0 Å². The van der Waals surface area contributed by atoms with Gasteiger partial charge in [-0.25, -0.2) is 9.59 Å². The van der Waals surface area contributed by atoms with Gasteiger partial charge in [0.15, 0.2) is 0 Å². The number of cyclic esters (lactones) is 2. The van der Waals surface area contributed by atoms with Crippen LogP contribution in [-0.2, 0) is 14.3 Å². The highest BCUT2D eigenvalue weighted by Crippen LogP contribution is 2.27. The Morgan fingerprint density at radius 3 is 2.25 bits per heavy atom. The number of rotatable bonds is 1. The standard InChI is InChI=1S/C13H12O3/c1-7-4-5-10(9(3)8(7)2)11-6-12(14)16-13(11)15/h4-6H,1-3H3. The molecule has 0 atom stereocenters. The zero-order valence-electron chi connectivity index (χ0n) is 9.46. The van der Waals surface area contributed by atoms with Crippen molar-refractivity contribution in [3.05, 3.63) is 40.5 Å². The molecular weight excluding hydrogens is 204 g/mol. The van der Waals surface area contributed by atoms with Crippen LogP contribution in [0.15, 0.2) is 18.2 Å². The molecule has 1 aliphatic rings. The molecule has 0 radical (unpaired) electrons. The first-order valence-corrected chi connectivity index (χ1v) is 5.05. The van der Waals surface area contributed by atoms with Gasteiger partial charge in [-0.05, 0) is 43.0 Å². The minimum atomic E-state index is -0.586. The van der Waals surface area contributed by atoms with Crippen LogP contribution in [0.1, 0.15) is 22.3 Å². The second-order valence-electron chi connectivity index (χ2n) is 3.95. The molecule has 0 saturated carbocycles. The number of benzene rings is 1. The first kappa shape index (κ1) is 10.6. The van der Waals surface area contributed by atoms with Crippen LogP contribution in [0.3, 0.4) is 0 Å². The smallest absolute Gasteiger partial charge is 0.346 e. The quantitative estimate of drug-likeness (QED) is 0.533. The van der Waals surface area contributed by atoms with Crippen molar-refractivity contribution in [2.45, 2.75) is 20.8 Å². The summed E-state index contributed by atoms with van der Waals surface area (Å²) >= 11 is 0. The van der Waals surface area contributed by atoms with Gasteiger partial charge in [-0.15, -0.1) is 0 Å².